The monoisotopic (exact) mass is 396 g/mol. The Morgan fingerprint density at radius 2 is 2.11 bits per heavy atom. The lowest BCUT2D eigenvalue weighted by Crippen LogP contribution is -2.41. The van der Waals surface area contributed by atoms with Crippen molar-refractivity contribution >= 4 is 18.3 Å². The van der Waals surface area contributed by atoms with Crippen molar-refractivity contribution in [2.24, 2.45) is 12.5 Å². The SMILES string of the molecule is Cc1cc(C(=O)NCC2(COc3cccnc3)C[C@@H](O)[C@@H](O)C2)n(C)n1.Cl. The van der Waals surface area contributed by atoms with E-state index in [1.54, 1.807) is 37.6 Å². The lowest BCUT2D eigenvalue weighted by Gasteiger charge is -2.29. The summed E-state index contributed by atoms with van der Waals surface area (Å²) in [5, 5.41) is 27.1. The molecule has 148 valence electrons. The summed E-state index contributed by atoms with van der Waals surface area (Å²) in [6.45, 7) is 2.37. The Morgan fingerprint density at radius 1 is 1.41 bits per heavy atom. The molecule has 2 heterocycles. The van der Waals surface area contributed by atoms with Crippen LogP contribution >= 0.6 is 12.4 Å². The molecule has 2 aromatic heterocycles. The molecule has 1 aliphatic carbocycles. The van der Waals surface area contributed by atoms with Crippen LogP contribution in [0.5, 0.6) is 5.75 Å². The van der Waals surface area contributed by atoms with Gasteiger partial charge in [-0.3, -0.25) is 14.5 Å². The summed E-state index contributed by atoms with van der Waals surface area (Å²) < 4.78 is 7.33. The summed E-state index contributed by atoms with van der Waals surface area (Å²) in [7, 11) is 1.71. The van der Waals surface area contributed by atoms with E-state index in [1.807, 2.05) is 6.92 Å². The maximum absolute atomic E-state index is 12.5. The molecule has 0 radical (unpaired) electrons. The van der Waals surface area contributed by atoms with Crippen LogP contribution in [0.3, 0.4) is 0 Å². The minimum absolute atomic E-state index is 0. The molecule has 0 spiro atoms. The predicted octanol–water partition coefficient (Wildman–Crippen LogP) is 0.856. The van der Waals surface area contributed by atoms with E-state index < -0.39 is 17.6 Å². The molecule has 1 unspecified atom stereocenters. The molecular formula is C18H25ClN4O4. The fourth-order valence-electron chi connectivity index (χ4n) is 3.41. The first-order valence-corrected chi connectivity index (χ1v) is 8.56. The molecule has 0 aliphatic heterocycles. The molecule has 3 atom stereocenters. The van der Waals surface area contributed by atoms with Crippen LogP contribution in [0.25, 0.3) is 0 Å². The Bertz CT molecular complexity index is 758. The third-order valence-electron chi connectivity index (χ3n) is 4.77. The molecule has 1 fully saturated rings. The second kappa shape index (κ2) is 8.69. The molecule has 1 aliphatic rings. The van der Waals surface area contributed by atoms with Gasteiger partial charge in [-0.05, 0) is 38.0 Å². The number of nitrogens with zero attached hydrogens (tertiary/aromatic N) is 3. The van der Waals surface area contributed by atoms with Crippen molar-refractivity contribution < 1.29 is 19.7 Å². The van der Waals surface area contributed by atoms with Gasteiger partial charge in [-0.15, -0.1) is 12.4 Å². The van der Waals surface area contributed by atoms with Gasteiger partial charge in [-0.1, -0.05) is 0 Å². The largest absolute Gasteiger partial charge is 0.491 e. The second-order valence-electron chi connectivity index (χ2n) is 7.00. The molecule has 8 nitrogen and oxygen atoms in total. The Labute approximate surface area is 164 Å². The highest BCUT2D eigenvalue weighted by Gasteiger charge is 2.45. The van der Waals surface area contributed by atoms with E-state index in [4.69, 9.17) is 4.74 Å². The normalized spacial score (nSPS) is 24.3. The van der Waals surface area contributed by atoms with Gasteiger partial charge in [0.25, 0.3) is 5.91 Å². The van der Waals surface area contributed by atoms with E-state index in [0.29, 0.717) is 24.3 Å². The first-order chi connectivity index (χ1) is 12.4. The van der Waals surface area contributed by atoms with Crippen LogP contribution in [0, 0.1) is 12.3 Å². The molecule has 0 saturated heterocycles. The number of hydrogen-bond acceptors (Lipinski definition) is 6. The van der Waals surface area contributed by atoms with Crippen molar-refractivity contribution in [1.29, 1.82) is 0 Å². The maximum atomic E-state index is 12.5. The molecule has 2 aromatic rings. The first-order valence-electron chi connectivity index (χ1n) is 8.56. The Balaban J connectivity index is 0.00000261. The maximum Gasteiger partial charge on any atom is 0.269 e. The smallest absolute Gasteiger partial charge is 0.269 e. The minimum atomic E-state index is -0.830. The van der Waals surface area contributed by atoms with E-state index in [9.17, 15) is 15.0 Å². The Hall–Kier alpha value is -2.16. The average Bonchev–Trinajstić information content (AvgIpc) is 3.11. The molecule has 0 aromatic carbocycles. The summed E-state index contributed by atoms with van der Waals surface area (Å²) in [6.07, 6.45) is 2.29. The number of nitrogens with one attached hydrogen (secondary N) is 1. The highest BCUT2D eigenvalue weighted by atomic mass is 35.5. The number of carbonyl (C=O) groups is 1. The van der Waals surface area contributed by atoms with Crippen LogP contribution in [-0.4, -0.2) is 56.2 Å². The molecule has 9 heteroatoms. The Kier molecular flexibility index (Phi) is 6.80. The van der Waals surface area contributed by atoms with Gasteiger partial charge < -0.3 is 20.3 Å². The third kappa shape index (κ3) is 4.97. The number of halogens is 1. The van der Waals surface area contributed by atoms with E-state index >= 15 is 0 Å². The molecule has 1 amide bonds. The highest BCUT2D eigenvalue weighted by molar-refractivity contribution is 5.92. The van der Waals surface area contributed by atoms with Gasteiger partial charge in [0.1, 0.15) is 11.4 Å². The summed E-state index contributed by atoms with van der Waals surface area (Å²) >= 11 is 0. The van der Waals surface area contributed by atoms with Crippen LogP contribution in [0.2, 0.25) is 0 Å². The van der Waals surface area contributed by atoms with E-state index in [2.05, 4.69) is 15.4 Å². The minimum Gasteiger partial charge on any atom is -0.491 e. The van der Waals surface area contributed by atoms with Crippen molar-refractivity contribution in [3.05, 3.63) is 42.0 Å². The zero-order chi connectivity index (χ0) is 18.7. The van der Waals surface area contributed by atoms with E-state index in [0.717, 1.165) is 5.69 Å². The average molecular weight is 397 g/mol. The number of aliphatic hydroxyl groups is 2. The van der Waals surface area contributed by atoms with Gasteiger partial charge in [0.15, 0.2) is 0 Å². The molecular weight excluding hydrogens is 372 g/mol. The number of aliphatic hydroxyl groups excluding tert-OH is 2. The second-order valence-corrected chi connectivity index (χ2v) is 7.00. The Morgan fingerprint density at radius 3 is 2.67 bits per heavy atom. The van der Waals surface area contributed by atoms with Gasteiger partial charge in [-0.2, -0.15) is 5.10 Å². The number of aromatic nitrogens is 3. The summed E-state index contributed by atoms with van der Waals surface area (Å²) in [6, 6.07) is 5.28. The summed E-state index contributed by atoms with van der Waals surface area (Å²) in [4.78, 5) is 16.5. The lowest BCUT2D eigenvalue weighted by molar-refractivity contribution is 0.0438. The van der Waals surface area contributed by atoms with Crippen LogP contribution in [-0.2, 0) is 7.05 Å². The number of rotatable bonds is 6. The number of carbonyl (C=O) groups excluding carboxylic acids is 1. The number of pyridine rings is 1. The number of amides is 1. The van der Waals surface area contributed by atoms with Crippen molar-refractivity contribution in [1.82, 2.24) is 20.1 Å². The standard InChI is InChI=1S/C18H24N4O4.ClH/c1-12-6-14(22(2)21-12)17(25)20-10-18(7-15(23)16(24)8-18)11-26-13-4-3-5-19-9-13;/h3-6,9,15-16,23-24H,7-8,10-11H2,1-2H3,(H,20,25);1H/t15-,16+,18?;. The third-order valence-corrected chi connectivity index (χ3v) is 4.77. The van der Waals surface area contributed by atoms with Crippen LogP contribution in [0.15, 0.2) is 30.6 Å². The van der Waals surface area contributed by atoms with Gasteiger partial charge in [0, 0.05) is 25.2 Å². The molecule has 3 rings (SSSR count). The fourth-order valence-corrected chi connectivity index (χ4v) is 3.41. The van der Waals surface area contributed by atoms with Crippen molar-refractivity contribution in [3.8, 4) is 5.75 Å². The zero-order valence-electron chi connectivity index (χ0n) is 15.3. The van der Waals surface area contributed by atoms with E-state index in [-0.39, 0.29) is 31.5 Å². The molecule has 1 saturated carbocycles. The van der Waals surface area contributed by atoms with Crippen molar-refractivity contribution in [2.75, 3.05) is 13.2 Å². The van der Waals surface area contributed by atoms with Gasteiger partial charge >= 0.3 is 0 Å². The summed E-state index contributed by atoms with van der Waals surface area (Å²) in [5.41, 5.74) is 0.668. The van der Waals surface area contributed by atoms with Crippen LogP contribution in [0.4, 0.5) is 0 Å². The van der Waals surface area contributed by atoms with Crippen molar-refractivity contribution in [2.45, 2.75) is 32.0 Å². The van der Waals surface area contributed by atoms with Crippen molar-refractivity contribution in [3.63, 3.8) is 0 Å². The molecule has 3 N–H and O–H groups in total. The van der Waals surface area contributed by atoms with Gasteiger partial charge in [0.05, 0.1) is 30.7 Å². The lowest BCUT2D eigenvalue weighted by atomic mass is 9.86. The predicted molar refractivity (Wildman–Crippen MR) is 101 cm³/mol. The first kappa shape index (κ1) is 21.1. The molecule has 27 heavy (non-hydrogen) atoms. The van der Waals surface area contributed by atoms with Gasteiger partial charge in [-0.25, -0.2) is 0 Å². The fraction of sp³-hybridized carbons (Fsp3) is 0.500. The highest BCUT2D eigenvalue weighted by Crippen LogP contribution is 2.38. The number of aryl methyl sites for hydroxylation is 2. The quantitative estimate of drug-likeness (QED) is 0.668. The number of hydrogen-bond donors (Lipinski definition) is 3. The topological polar surface area (TPSA) is 110 Å². The molecule has 0 bridgehead atoms. The van der Waals surface area contributed by atoms with Crippen LogP contribution < -0.4 is 10.1 Å². The van der Waals surface area contributed by atoms with Crippen LogP contribution in [0.1, 0.15) is 29.0 Å². The zero-order valence-corrected chi connectivity index (χ0v) is 16.1. The number of ether oxygens (including phenoxy) is 1. The van der Waals surface area contributed by atoms with Gasteiger partial charge in [0.2, 0.25) is 0 Å². The van der Waals surface area contributed by atoms with E-state index in [1.165, 1.54) is 4.68 Å². The summed E-state index contributed by atoms with van der Waals surface area (Å²) in [5.74, 6) is 0.362.